The highest BCUT2D eigenvalue weighted by molar-refractivity contribution is 5.68. The Balaban J connectivity index is 2.49. The van der Waals surface area contributed by atoms with Crippen LogP contribution in [-0.2, 0) is 12.7 Å². The third kappa shape index (κ3) is 2.76. The van der Waals surface area contributed by atoms with Gasteiger partial charge in [0.05, 0.1) is 5.56 Å². The zero-order valence-corrected chi connectivity index (χ0v) is 9.84. The second-order valence-electron chi connectivity index (χ2n) is 4.05. The number of benzene rings is 2. The summed E-state index contributed by atoms with van der Waals surface area (Å²) in [5.41, 5.74) is 5.93. The molecule has 2 aromatic carbocycles. The molecule has 5 heteroatoms. The summed E-state index contributed by atoms with van der Waals surface area (Å²) in [6.45, 7) is 0.119. The van der Waals surface area contributed by atoms with Crippen LogP contribution < -0.4 is 5.73 Å². The lowest BCUT2D eigenvalue weighted by atomic mass is 9.98. The summed E-state index contributed by atoms with van der Waals surface area (Å²) in [5.74, 6) is -0.497. The monoisotopic (exact) mass is 269 g/mol. The Hall–Kier alpha value is -1.88. The second-order valence-corrected chi connectivity index (χ2v) is 4.05. The minimum absolute atomic E-state index is 0.119. The molecular weight excluding hydrogens is 258 g/mol. The standard InChI is InChI=1S/C14H11F4N/c15-12-3-1-2-10(8-19)13(12)9-4-6-11(7-5-9)14(16,17)18/h1-7H,8,19H2. The summed E-state index contributed by atoms with van der Waals surface area (Å²) in [7, 11) is 0. The van der Waals surface area contributed by atoms with Crippen LogP contribution in [0.4, 0.5) is 17.6 Å². The summed E-state index contributed by atoms with van der Waals surface area (Å²) < 4.78 is 51.1. The van der Waals surface area contributed by atoms with Crippen molar-refractivity contribution in [3.63, 3.8) is 0 Å². The van der Waals surface area contributed by atoms with Crippen LogP contribution in [0.2, 0.25) is 0 Å². The molecule has 0 heterocycles. The molecule has 0 spiro atoms. The van der Waals surface area contributed by atoms with Crippen LogP contribution >= 0.6 is 0 Å². The lowest BCUT2D eigenvalue weighted by Gasteiger charge is -2.11. The fraction of sp³-hybridized carbons (Fsp3) is 0.143. The van der Waals surface area contributed by atoms with E-state index in [2.05, 4.69) is 0 Å². The van der Waals surface area contributed by atoms with Crippen LogP contribution in [0.1, 0.15) is 11.1 Å². The zero-order valence-electron chi connectivity index (χ0n) is 9.84. The number of hydrogen-bond donors (Lipinski definition) is 1. The molecule has 2 N–H and O–H groups in total. The Bertz CT molecular complexity index is 573. The zero-order chi connectivity index (χ0) is 14.0. The first-order valence-corrected chi connectivity index (χ1v) is 5.58. The maximum Gasteiger partial charge on any atom is 0.416 e. The predicted octanol–water partition coefficient (Wildman–Crippen LogP) is 3.97. The normalized spacial score (nSPS) is 11.6. The topological polar surface area (TPSA) is 26.0 Å². The molecule has 0 saturated carbocycles. The van der Waals surface area contributed by atoms with E-state index < -0.39 is 17.6 Å². The van der Waals surface area contributed by atoms with E-state index in [1.54, 1.807) is 6.07 Å². The van der Waals surface area contributed by atoms with Gasteiger partial charge in [0.1, 0.15) is 5.82 Å². The van der Waals surface area contributed by atoms with Crippen molar-refractivity contribution in [1.29, 1.82) is 0 Å². The Kier molecular flexibility index (Phi) is 3.57. The van der Waals surface area contributed by atoms with E-state index in [0.29, 0.717) is 11.1 Å². The molecular formula is C14H11F4N. The highest BCUT2D eigenvalue weighted by atomic mass is 19.4. The van der Waals surface area contributed by atoms with Gasteiger partial charge in [0.2, 0.25) is 0 Å². The summed E-state index contributed by atoms with van der Waals surface area (Å²) in [5, 5.41) is 0. The molecule has 0 aromatic heterocycles. The van der Waals surface area contributed by atoms with E-state index in [0.717, 1.165) is 12.1 Å². The van der Waals surface area contributed by atoms with Crippen molar-refractivity contribution in [2.45, 2.75) is 12.7 Å². The van der Waals surface area contributed by atoms with Crippen molar-refractivity contribution >= 4 is 0 Å². The van der Waals surface area contributed by atoms with Gasteiger partial charge in [-0.2, -0.15) is 13.2 Å². The fourth-order valence-corrected chi connectivity index (χ4v) is 1.89. The third-order valence-electron chi connectivity index (χ3n) is 2.82. The maximum atomic E-state index is 13.8. The minimum atomic E-state index is -4.40. The van der Waals surface area contributed by atoms with Gasteiger partial charge in [-0.15, -0.1) is 0 Å². The number of rotatable bonds is 2. The SMILES string of the molecule is NCc1cccc(F)c1-c1ccc(C(F)(F)F)cc1. The first-order valence-electron chi connectivity index (χ1n) is 5.58. The van der Waals surface area contributed by atoms with Crippen LogP contribution in [0.25, 0.3) is 11.1 Å². The Morgan fingerprint density at radius 3 is 2.11 bits per heavy atom. The highest BCUT2D eigenvalue weighted by Crippen LogP contribution is 2.32. The van der Waals surface area contributed by atoms with Gasteiger partial charge in [0, 0.05) is 12.1 Å². The van der Waals surface area contributed by atoms with Gasteiger partial charge < -0.3 is 5.73 Å². The van der Waals surface area contributed by atoms with Crippen LogP contribution in [-0.4, -0.2) is 0 Å². The molecule has 100 valence electrons. The number of nitrogens with two attached hydrogens (primary N) is 1. The van der Waals surface area contributed by atoms with Crippen molar-refractivity contribution in [2.75, 3.05) is 0 Å². The molecule has 1 nitrogen and oxygen atoms in total. The Labute approximate surface area is 107 Å². The molecule has 0 fully saturated rings. The minimum Gasteiger partial charge on any atom is -0.326 e. The molecule has 0 unspecified atom stereocenters. The Morgan fingerprint density at radius 2 is 1.58 bits per heavy atom. The van der Waals surface area contributed by atoms with Crippen molar-refractivity contribution in [3.05, 3.63) is 59.4 Å². The molecule has 2 aromatic rings. The molecule has 0 amide bonds. The van der Waals surface area contributed by atoms with Gasteiger partial charge >= 0.3 is 6.18 Å². The average Bonchev–Trinajstić information content (AvgIpc) is 2.37. The molecule has 0 saturated heterocycles. The predicted molar refractivity (Wildman–Crippen MR) is 64.7 cm³/mol. The first-order chi connectivity index (χ1) is 8.93. The van der Waals surface area contributed by atoms with Crippen molar-refractivity contribution in [2.24, 2.45) is 5.73 Å². The molecule has 0 radical (unpaired) electrons. The fourth-order valence-electron chi connectivity index (χ4n) is 1.89. The quantitative estimate of drug-likeness (QED) is 0.820. The second kappa shape index (κ2) is 5.01. The van der Waals surface area contributed by atoms with Crippen LogP contribution in [0.3, 0.4) is 0 Å². The first kappa shape index (κ1) is 13.5. The van der Waals surface area contributed by atoms with Gasteiger partial charge in [0.15, 0.2) is 0 Å². The molecule has 0 aliphatic rings. The van der Waals surface area contributed by atoms with E-state index in [1.807, 2.05) is 0 Å². The third-order valence-corrected chi connectivity index (χ3v) is 2.82. The molecule has 0 aliphatic carbocycles. The lowest BCUT2D eigenvalue weighted by Crippen LogP contribution is -2.05. The number of hydrogen-bond acceptors (Lipinski definition) is 1. The summed E-state index contributed by atoms with van der Waals surface area (Å²) in [6, 6.07) is 8.79. The van der Waals surface area contributed by atoms with Crippen LogP contribution in [0, 0.1) is 5.82 Å². The maximum absolute atomic E-state index is 13.8. The summed E-state index contributed by atoms with van der Waals surface area (Å²) >= 11 is 0. The smallest absolute Gasteiger partial charge is 0.326 e. The largest absolute Gasteiger partial charge is 0.416 e. The van der Waals surface area contributed by atoms with Gasteiger partial charge in [-0.25, -0.2) is 4.39 Å². The molecule has 2 rings (SSSR count). The average molecular weight is 269 g/mol. The van der Waals surface area contributed by atoms with Gasteiger partial charge in [-0.1, -0.05) is 24.3 Å². The molecule has 0 bridgehead atoms. The van der Waals surface area contributed by atoms with Crippen molar-refractivity contribution in [1.82, 2.24) is 0 Å². The molecule has 19 heavy (non-hydrogen) atoms. The van der Waals surface area contributed by atoms with Gasteiger partial charge in [-0.05, 0) is 29.3 Å². The van der Waals surface area contributed by atoms with E-state index in [1.165, 1.54) is 24.3 Å². The van der Waals surface area contributed by atoms with Gasteiger partial charge in [-0.3, -0.25) is 0 Å². The summed E-state index contributed by atoms with van der Waals surface area (Å²) in [4.78, 5) is 0. The molecule has 0 aliphatic heterocycles. The van der Waals surface area contributed by atoms with Gasteiger partial charge in [0.25, 0.3) is 0 Å². The van der Waals surface area contributed by atoms with E-state index in [4.69, 9.17) is 5.73 Å². The highest BCUT2D eigenvalue weighted by Gasteiger charge is 2.30. The van der Waals surface area contributed by atoms with Crippen LogP contribution in [0.15, 0.2) is 42.5 Å². The Morgan fingerprint density at radius 1 is 0.947 bits per heavy atom. The van der Waals surface area contributed by atoms with E-state index in [-0.39, 0.29) is 12.1 Å². The van der Waals surface area contributed by atoms with Crippen molar-refractivity contribution < 1.29 is 17.6 Å². The van der Waals surface area contributed by atoms with E-state index >= 15 is 0 Å². The molecule has 0 atom stereocenters. The lowest BCUT2D eigenvalue weighted by molar-refractivity contribution is -0.137. The van der Waals surface area contributed by atoms with Crippen molar-refractivity contribution in [3.8, 4) is 11.1 Å². The van der Waals surface area contributed by atoms with Crippen LogP contribution in [0.5, 0.6) is 0 Å². The summed E-state index contributed by atoms with van der Waals surface area (Å²) in [6.07, 6.45) is -4.40. The van der Waals surface area contributed by atoms with E-state index in [9.17, 15) is 17.6 Å². The number of halogens is 4. The number of alkyl halides is 3.